The Labute approximate surface area is 98.5 Å². The van der Waals surface area contributed by atoms with Crippen LogP contribution in [0.15, 0.2) is 12.1 Å². The molecule has 1 aromatic rings. The van der Waals surface area contributed by atoms with Gasteiger partial charge < -0.3 is 10.4 Å². The Bertz CT molecular complexity index is 396. The molecule has 1 aliphatic rings. The number of carboxylic acids is 1. The number of rotatable bonds is 5. The van der Waals surface area contributed by atoms with Crippen LogP contribution in [0.1, 0.15) is 24.1 Å². The van der Waals surface area contributed by atoms with Gasteiger partial charge in [-0.1, -0.05) is 6.07 Å². The lowest BCUT2D eigenvalue weighted by molar-refractivity contribution is -0.137. The Morgan fingerprint density at radius 1 is 1.50 bits per heavy atom. The monoisotopic (exact) mass is 238 g/mol. The predicted octanol–water partition coefficient (Wildman–Crippen LogP) is 2.11. The van der Waals surface area contributed by atoms with Crippen LogP contribution in [0.5, 0.6) is 0 Å². The van der Waals surface area contributed by atoms with Crippen molar-refractivity contribution in [2.75, 3.05) is 11.9 Å². The topological polar surface area (TPSA) is 62.2 Å². The summed E-state index contributed by atoms with van der Waals surface area (Å²) in [6.07, 6.45) is 0.830. The first kappa shape index (κ1) is 11.3. The summed E-state index contributed by atoms with van der Waals surface area (Å²) in [5, 5.41) is 11.6. The molecular formula is C11H14N2O2S. The van der Waals surface area contributed by atoms with E-state index in [0.717, 1.165) is 23.0 Å². The number of pyridine rings is 1. The van der Waals surface area contributed by atoms with Crippen LogP contribution in [0, 0.1) is 0 Å². The quantitative estimate of drug-likeness (QED) is 0.769. The Balaban J connectivity index is 1.83. The van der Waals surface area contributed by atoms with Crippen molar-refractivity contribution in [1.82, 2.24) is 4.98 Å². The van der Waals surface area contributed by atoms with Gasteiger partial charge in [0.05, 0.1) is 5.69 Å². The molecule has 0 fully saturated rings. The lowest BCUT2D eigenvalue weighted by Crippen LogP contribution is -2.06. The third-order valence-electron chi connectivity index (χ3n) is 2.44. The van der Waals surface area contributed by atoms with Gasteiger partial charge in [-0.3, -0.25) is 4.79 Å². The Kier molecular flexibility index (Phi) is 3.66. The molecule has 2 N–H and O–H groups in total. The number of hydrogen-bond donors (Lipinski definition) is 2. The minimum Gasteiger partial charge on any atom is -0.481 e. The van der Waals surface area contributed by atoms with Crippen LogP contribution in [0.2, 0.25) is 0 Å². The number of fused-ring (bicyclic) bond motifs is 1. The average Bonchev–Trinajstić information content (AvgIpc) is 2.71. The normalized spacial score (nSPS) is 13.5. The van der Waals surface area contributed by atoms with Crippen molar-refractivity contribution < 1.29 is 9.90 Å². The van der Waals surface area contributed by atoms with E-state index in [9.17, 15) is 4.79 Å². The summed E-state index contributed by atoms with van der Waals surface area (Å²) in [6, 6.07) is 4.06. The van der Waals surface area contributed by atoms with Gasteiger partial charge in [0.2, 0.25) is 0 Å². The molecule has 1 aromatic heterocycles. The number of nitrogens with one attached hydrogen (secondary N) is 1. The molecule has 0 aliphatic carbocycles. The number of thioether (sulfide) groups is 1. The highest BCUT2D eigenvalue weighted by atomic mass is 32.2. The standard InChI is InChI=1S/C11H14N2O2S/c14-11(15)2-1-5-12-10-4-3-8-6-16-7-9(8)13-10/h3-4H,1-2,5-7H2,(H,12,13)(H,14,15). The molecule has 2 rings (SSSR count). The van der Waals surface area contributed by atoms with Gasteiger partial charge in [-0.25, -0.2) is 4.98 Å². The van der Waals surface area contributed by atoms with Crippen LogP contribution in [0.3, 0.4) is 0 Å². The largest absolute Gasteiger partial charge is 0.481 e. The van der Waals surface area contributed by atoms with Crippen LogP contribution in [0.4, 0.5) is 5.82 Å². The summed E-state index contributed by atoms with van der Waals surface area (Å²) >= 11 is 1.88. The maximum atomic E-state index is 10.3. The predicted molar refractivity (Wildman–Crippen MR) is 64.6 cm³/mol. The molecule has 0 spiro atoms. The Morgan fingerprint density at radius 2 is 2.38 bits per heavy atom. The molecule has 5 heteroatoms. The summed E-state index contributed by atoms with van der Waals surface area (Å²) in [6.45, 7) is 0.658. The number of carboxylic acid groups (broad SMARTS) is 1. The van der Waals surface area contributed by atoms with Crippen molar-refractivity contribution in [3.05, 3.63) is 23.4 Å². The van der Waals surface area contributed by atoms with E-state index in [0.29, 0.717) is 13.0 Å². The first-order valence-corrected chi connectivity index (χ1v) is 6.43. The van der Waals surface area contributed by atoms with E-state index in [1.54, 1.807) is 0 Å². The Morgan fingerprint density at radius 3 is 3.19 bits per heavy atom. The molecule has 86 valence electrons. The number of hydrogen-bond acceptors (Lipinski definition) is 4. The van der Waals surface area contributed by atoms with Gasteiger partial charge >= 0.3 is 5.97 Å². The lowest BCUT2D eigenvalue weighted by Gasteiger charge is -2.06. The van der Waals surface area contributed by atoms with E-state index in [-0.39, 0.29) is 6.42 Å². The third-order valence-corrected chi connectivity index (χ3v) is 3.43. The number of nitrogens with zero attached hydrogens (tertiary/aromatic N) is 1. The molecule has 0 bridgehead atoms. The van der Waals surface area contributed by atoms with Gasteiger partial charge in [-0.15, -0.1) is 0 Å². The minimum atomic E-state index is -0.750. The maximum Gasteiger partial charge on any atom is 0.303 e. The Hall–Kier alpha value is -1.23. The second-order valence-electron chi connectivity index (χ2n) is 3.72. The zero-order chi connectivity index (χ0) is 11.4. The van der Waals surface area contributed by atoms with Crippen molar-refractivity contribution in [3.8, 4) is 0 Å². The first-order chi connectivity index (χ1) is 7.75. The summed E-state index contributed by atoms with van der Waals surface area (Å²) in [5.41, 5.74) is 2.48. The van der Waals surface area contributed by atoms with E-state index in [4.69, 9.17) is 5.11 Å². The molecule has 0 aromatic carbocycles. The zero-order valence-corrected chi connectivity index (χ0v) is 9.72. The highest BCUT2D eigenvalue weighted by molar-refractivity contribution is 7.98. The number of carbonyl (C=O) groups is 1. The van der Waals surface area contributed by atoms with Crippen molar-refractivity contribution >= 4 is 23.5 Å². The van der Waals surface area contributed by atoms with E-state index in [1.807, 2.05) is 17.8 Å². The average molecular weight is 238 g/mol. The fourth-order valence-corrected chi connectivity index (χ4v) is 2.63. The zero-order valence-electron chi connectivity index (χ0n) is 8.90. The van der Waals surface area contributed by atoms with Gasteiger partial charge in [0, 0.05) is 24.5 Å². The van der Waals surface area contributed by atoms with E-state index in [2.05, 4.69) is 16.4 Å². The molecule has 0 unspecified atom stereocenters. The van der Waals surface area contributed by atoms with Gasteiger partial charge in [0.25, 0.3) is 0 Å². The van der Waals surface area contributed by atoms with Crippen molar-refractivity contribution in [2.45, 2.75) is 24.3 Å². The molecule has 1 aliphatic heterocycles. The van der Waals surface area contributed by atoms with Crippen LogP contribution in [-0.4, -0.2) is 22.6 Å². The fraction of sp³-hybridized carbons (Fsp3) is 0.455. The second-order valence-corrected chi connectivity index (χ2v) is 4.70. The highest BCUT2D eigenvalue weighted by Crippen LogP contribution is 2.28. The van der Waals surface area contributed by atoms with Crippen LogP contribution in [-0.2, 0) is 16.3 Å². The number of aromatic nitrogens is 1. The third kappa shape index (κ3) is 2.88. The highest BCUT2D eigenvalue weighted by Gasteiger charge is 2.12. The summed E-state index contributed by atoms with van der Waals surface area (Å²) < 4.78 is 0. The SMILES string of the molecule is O=C(O)CCCNc1ccc2c(n1)CSC2. The molecular weight excluding hydrogens is 224 g/mol. The first-order valence-electron chi connectivity index (χ1n) is 5.28. The maximum absolute atomic E-state index is 10.3. The minimum absolute atomic E-state index is 0.202. The summed E-state index contributed by atoms with van der Waals surface area (Å²) in [4.78, 5) is 14.8. The molecule has 0 amide bonds. The number of aliphatic carboxylic acids is 1. The van der Waals surface area contributed by atoms with E-state index >= 15 is 0 Å². The van der Waals surface area contributed by atoms with Crippen LogP contribution in [0.25, 0.3) is 0 Å². The second kappa shape index (κ2) is 5.21. The van der Waals surface area contributed by atoms with Crippen molar-refractivity contribution in [1.29, 1.82) is 0 Å². The molecule has 16 heavy (non-hydrogen) atoms. The molecule has 0 radical (unpaired) electrons. The van der Waals surface area contributed by atoms with E-state index < -0.39 is 5.97 Å². The fourth-order valence-electron chi connectivity index (χ4n) is 1.60. The van der Waals surface area contributed by atoms with Gasteiger partial charge in [-0.05, 0) is 18.1 Å². The van der Waals surface area contributed by atoms with Crippen molar-refractivity contribution in [2.24, 2.45) is 0 Å². The van der Waals surface area contributed by atoms with Crippen LogP contribution < -0.4 is 5.32 Å². The van der Waals surface area contributed by atoms with Crippen molar-refractivity contribution in [3.63, 3.8) is 0 Å². The number of anilines is 1. The van der Waals surface area contributed by atoms with Gasteiger partial charge in [0.1, 0.15) is 5.82 Å². The smallest absolute Gasteiger partial charge is 0.303 e. The lowest BCUT2D eigenvalue weighted by atomic mass is 10.2. The molecule has 0 atom stereocenters. The molecule has 4 nitrogen and oxygen atoms in total. The molecule has 2 heterocycles. The summed E-state index contributed by atoms with van der Waals surface area (Å²) in [7, 11) is 0. The molecule has 0 saturated carbocycles. The summed E-state index contributed by atoms with van der Waals surface area (Å²) in [5.74, 6) is 2.15. The van der Waals surface area contributed by atoms with Gasteiger partial charge in [0.15, 0.2) is 0 Å². The van der Waals surface area contributed by atoms with E-state index in [1.165, 1.54) is 5.56 Å². The van der Waals surface area contributed by atoms with Crippen LogP contribution >= 0.6 is 11.8 Å². The molecule has 0 saturated heterocycles. The van der Waals surface area contributed by atoms with Gasteiger partial charge in [-0.2, -0.15) is 11.8 Å².